The first-order valence-corrected chi connectivity index (χ1v) is 11.0. The van der Waals surface area contributed by atoms with Crippen LogP contribution in [-0.2, 0) is 20.1 Å². The molecule has 3 aromatic rings. The van der Waals surface area contributed by atoms with Gasteiger partial charge < -0.3 is 4.90 Å². The number of fused-ring (bicyclic) bond motifs is 1. The van der Waals surface area contributed by atoms with Crippen LogP contribution in [0.25, 0.3) is 11.2 Å². The third-order valence-corrected chi connectivity index (χ3v) is 6.16. The Morgan fingerprint density at radius 2 is 1.94 bits per heavy atom. The number of aryl methyl sites for hydroxylation is 1. The van der Waals surface area contributed by atoms with Crippen molar-refractivity contribution in [3.8, 4) is 17.9 Å². The number of nitrogens with zero attached hydrogens (tertiary/aromatic N) is 6. The van der Waals surface area contributed by atoms with E-state index in [0.29, 0.717) is 11.9 Å². The SMILES string of the molecule is CC#CCn1c(N2CCC[C@@H](C)C2)nc2c1c(=O)n(Cc1cc(F)c(F)cc1C#N)c(=O)n2C. The molecule has 176 valence electrons. The average molecular weight is 466 g/mol. The average Bonchev–Trinajstić information content (AvgIpc) is 3.20. The van der Waals surface area contributed by atoms with Crippen molar-refractivity contribution in [2.24, 2.45) is 13.0 Å². The second kappa shape index (κ2) is 9.14. The van der Waals surface area contributed by atoms with Gasteiger partial charge in [-0.1, -0.05) is 12.8 Å². The molecule has 0 bridgehead atoms. The summed E-state index contributed by atoms with van der Waals surface area (Å²) >= 11 is 0. The van der Waals surface area contributed by atoms with Gasteiger partial charge in [0.2, 0.25) is 5.95 Å². The second-order valence-corrected chi connectivity index (χ2v) is 8.56. The van der Waals surface area contributed by atoms with E-state index in [-0.39, 0.29) is 35.4 Å². The van der Waals surface area contributed by atoms with Crippen molar-refractivity contribution in [1.82, 2.24) is 18.7 Å². The topological polar surface area (TPSA) is 88.8 Å². The largest absolute Gasteiger partial charge is 0.342 e. The van der Waals surface area contributed by atoms with Crippen molar-refractivity contribution in [2.75, 3.05) is 18.0 Å². The Balaban J connectivity index is 1.95. The molecule has 10 heteroatoms. The van der Waals surface area contributed by atoms with Gasteiger partial charge in [0, 0.05) is 20.1 Å². The Morgan fingerprint density at radius 1 is 1.21 bits per heavy atom. The summed E-state index contributed by atoms with van der Waals surface area (Å²) in [4.78, 5) is 33.4. The number of imidazole rings is 1. The van der Waals surface area contributed by atoms with Gasteiger partial charge in [-0.15, -0.1) is 5.92 Å². The minimum absolute atomic E-state index is 0.0319. The monoisotopic (exact) mass is 466 g/mol. The van der Waals surface area contributed by atoms with Crippen LogP contribution < -0.4 is 16.1 Å². The Morgan fingerprint density at radius 3 is 2.62 bits per heavy atom. The molecule has 34 heavy (non-hydrogen) atoms. The molecule has 0 spiro atoms. The summed E-state index contributed by atoms with van der Waals surface area (Å²) in [6.07, 6.45) is 2.09. The summed E-state index contributed by atoms with van der Waals surface area (Å²) in [5.41, 5.74) is -1.00. The van der Waals surface area contributed by atoms with Crippen LogP contribution >= 0.6 is 0 Å². The molecular weight excluding hydrogens is 442 g/mol. The van der Waals surface area contributed by atoms with Gasteiger partial charge in [-0.05, 0) is 43.4 Å². The zero-order valence-electron chi connectivity index (χ0n) is 19.2. The van der Waals surface area contributed by atoms with E-state index < -0.39 is 22.9 Å². The first kappa shape index (κ1) is 23.2. The molecular formula is C24H24F2N6O2. The van der Waals surface area contributed by atoms with Crippen LogP contribution in [0.1, 0.15) is 37.8 Å². The number of rotatable bonds is 4. The van der Waals surface area contributed by atoms with Gasteiger partial charge in [-0.25, -0.2) is 13.6 Å². The predicted molar refractivity (Wildman–Crippen MR) is 123 cm³/mol. The summed E-state index contributed by atoms with van der Waals surface area (Å²) in [5, 5.41) is 9.34. The molecule has 0 saturated carbocycles. The standard InChI is InChI=1S/C24H24F2N6O2/c1-4-5-9-31-20-21(28-23(31)30-8-6-7-15(2)13-30)29(3)24(34)32(22(20)33)14-17-11-19(26)18(25)10-16(17)12-27/h10-11,15H,6-9,13-14H2,1-3H3/t15-/m1/s1. The Kier molecular flexibility index (Phi) is 6.25. The molecule has 0 N–H and O–H groups in total. The number of hydrogen-bond acceptors (Lipinski definition) is 5. The van der Waals surface area contributed by atoms with E-state index in [9.17, 15) is 23.6 Å². The fourth-order valence-electron chi connectivity index (χ4n) is 4.41. The van der Waals surface area contributed by atoms with Crippen LogP contribution in [0.5, 0.6) is 0 Å². The van der Waals surface area contributed by atoms with Crippen molar-refractivity contribution in [1.29, 1.82) is 5.26 Å². The number of aromatic nitrogens is 4. The molecule has 0 unspecified atom stereocenters. The minimum Gasteiger partial charge on any atom is -0.342 e. The Labute approximate surface area is 194 Å². The van der Waals surface area contributed by atoms with Crippen molar-refractivity contribution >= 4 is 17.1 Å². The molecule has 1 saturated heterocycles. The highest BCUT2D eigenvalue weighted by atomic mass is 19.2. The maximum atomic E-state index is 13.9. The van der Waals surface area contributed by atoms with Crippen LogP contribution in [0.2, 0.25) is 0 Å². The molecule has 8 nitrogen and oxygen atoms in total. The lowest BCUT2D eigenvalue weighted by Gasteiger charge is -2.31. The van der Waals surface area contributed by atoms with Gasteiger partial charge in [-0.2, -0.15) is 10.2 Å². The van der Waals surface area contributed by atoms with Crippen molar-refractivity contribution in [2.45, 2.75) is 39.8 Å². The van der Waals surface area contributed by atoms with Crippen LogP contribution in [0.3, 0.4) is 0 Å². The van der Waals surface area contributed by atoms with Crippen LogP contribution in [0.4, 0.5) is 14.7 Å². The Hall–Kier alpha value is -3.92. The van der Waals surface area contributed by atoms with E-state index in [2.05, 4.69) is 28.6 Å². The third kappa shape index (κ3) is 3.96. The van der Waals surface area contributed by atoms with E-state index in [4.69, 9.17) is 0 Å². The quantitative estimate of drug-likeness (QED) is 0.551. The van der Waals surface area contributed by atoms with E-state index in [1.807, 2.05) is 0 Å². The molecule has 0 aliphatic carbocycles. The number of benzene rings is 1. The lowest BCUT2D eigenvalue weighted by atomic mass is 10.0. The second-order valence-electron chi connectivity index (χ2n) is 8.56. The van der Waals surface area contributed by atoms with Gasteiger partial charge in [0.25, 0.3) is 5.56 Å². The van der Waals surface area contributed by atoms with Crippen LogP contribution in [0.15, 0.2) is 21.7 Å². The Bertz CT molecular complexity index is 1500. The summed E-state index contributed by atoms with van der Waals surface area (Å²) in [5.74, 6) is 4.49. The summed E-state index contributed by atoms with van der Waals surface area (Å²) in [6, 6.07) is 3.39. The zero-order chi connectivity index (χ0) is 24.6. The molecule has 1 aliphatic rings. The van der Waals surface area contributed by atoms with E-state index in [0.717, 1.165) is 42.6 Å². The number of hydrogen-bond donors (Lipinski definition) is 0. The maximum absolute atomic E-state index is 13.9. The van der Waals surface area contributed by atoms with Gasteiger partial charge in [0.1, 0.15) is 0 Å². The fourth-order valence-corrected chi connectivity index (χ4v) is 4.41. The number of anilines is 1. The molecule has 3 heterocycles. The van der Waals surface area contributed by atoms with Crippen LogP contribution in [0, 0.1) is 40.7 Å². The number of halogens is 2. The molecule has 0 radical (unpaired) electrons. The van der Waals surface area contributed by atoms with Gasteiger partial charge in [0.05, 0.1) is 24.7 Å². The summed E-state index contributed by atoms with van der Waals surface area (Å²) in [7, 11) is 1.50. The maximum Gasteiger partial charge on any atom is 0.332 e. The van der Waals surface area contributed by atoms with Crippen molar-refractivity contribution in [3.05, 3.63) is 55.7 Å². The first-order chi connectivity index (χ1) is 16.3. The van der Waals surface area contributed by atoms with Crippen LogP contribution in [-0.4, -0.2) is 31.8 Å². The lowest BCUT2D eigenvalue weighted by molar-refractivity contribution is 0.439. The van der Waals surface area contributed by atoms with E-state index in [1.54, 1.807) is 17.6 Å². The lowest BCUT2D eigenvalue weighted by Crippen LogP contribution is -2.40. The van der Waals surface area contributed by atoms with E-state index >= 15 is 0 Å². The number of piperidine rings is 1. The van der Waals surface area contributed by atoms with Gasteiger partial charge in [-0.3, -0.25) is 18.5 Å². The number of nitriles is 1. The normalized spacial score (nSPS) is 15.8. The predicted octanol–water partition coefficient (Wildman–Crippen LogP) is 2.35. The van der Waals surface area contributed by atoms with Crippen molar-refractivity contribution < 1.29 is 8.78 Å². The minimum atomic E-state index is -1.17. The zero-order valence-corrected chi connectivity index (χ0v) is 19.2. The molecule has 4 rings (SSSR count). The molecule has 1 aromatic carbocycles. The van der Waals surface area contributed by atoms with Gasteiger partial charge >= 0.3 is 5.69 Å². The highest BCUT2D eigenvalue weighted by Gasteiger charge is 2.26. The first-order valence-electron chi connectivity index (χ1n) is 11.0. The molecule has 1 fully saturated rings. The summed E-state index contributed by atoms with van der Waals surface area (Å²) in [6.45, 7) is 5.21. The molecule has 2 aromatic heterocycles. The molecule has 0 amide bonds. The van der Waals surface area contributed by atoms with E-state index in [1.165, 1.54) is 11.6 Å². The third-order valence-electron chi connectivity index (χ3n) is 6.16. The summed E-state index contributed by atoms with van der Waals surface area (Å²) < 4.78 is 31.4. The van der Waals surface area contributed by atoms with Crippen molar-refractivity contribution in [3.63, 3.8) is 0 Å². The van der Waals surface area contributed by atoms with Gasteiger partial charge in [0.15, 0.2) is 22.8 Å². The smallest absolute Gasteiger partial charge is 0.332 e. The highest BCUT2D eigenvalue weighted by molar-refractivity contribution is 5.75. The fraction of sp³-hybridized carbons (Fsp3) is 0.417. The molecule has 1 aliphatic heterocycles. The highest BCUT2D eigenvalue weighted by Crippen LogP contribution is 2.25. The molecule has 1 atom stereocenters.